The lowest BCUT2D eigenvalue weighted by Crippen LogP contribution is -2.17. The van der Waals surface area contributed by atoms with E-state index in [1.807, 2.05) is 0 Å². The predicted octanol–water partition coefficient (Wildman–Crippen LogP) is 2.50. The first-order valence-electron chi connectivity index (χ1n) is 4.81. The average Bonchev–Trinajstić information content (AvgIpc) is 2.24. The largest absolute Gasteiger partial charge is 0.417 e. The SMILES string of the molecule is CNCCC(=O)c1ccccc1C(F)(F)F. The molecule has 1 N–H and O–H groups in total. The summed E-state index contributed by atoms with van der Waals surface area (Å²) in [6.07, 6.45) is -4.42. The normalized spacial score (nSPS) is 11.5. The number of Topliss-reactive ketones (excluding diaryl/α,β-unsaturated/α-hetero) is 1. The van der Waals surface area contributed by atoms with Crippen molar-refractivity contribution in [2.45, 2.75) is 12.6 Å². The highest BCUT2D eigenvalue weighted by Gasteiger charge is 2.34. The number of hydrogen-bond acceptors (Lipinski definition) is 2. The minimum atomic E-state index is -4.48. The molecule has 0 saturated carbocycles. The molecule has 0 spiro atoms. The molecule has 0 aromatic heterocycles. The number of alkyl halides is 3. The third-order valence-corrected chi connectivity index (χ3v) is 2.13. The third-order valence-electron chi connectivity index (χ3n) is 2.13. The van der Waals surface area contributed by atoms with Crippen molar-refractivity contribution in [1.82, 2.24) is 5.32 Å². The highest BCUT2D eigenvalue weighted by Crippen LogP contribution is 2.32. The molecule has 16 heavy (non-hydrogen) atoms. The van der Waals surface area contributed by atoms with Gasteiger partial charge in [0, 0.05) is 18.5 Å². The van der Waals surface area contributed by atoms with Crippen molar-refractivity contribution in [1.29, 1.82) is 0 Å². The van der Waals surface area contributed by atoms with Gasteiger partial charge in [-0.05, 0) is 13.1 Å². The first-order valence-corrected chi connectivity index (χ1v) is 4.81. The van der Waals surface area contributed by atoms with Crippen LogP contribution in [0.5, 0.6) is 0 Å². The molecule has 0 aliphatic rings. The van der Waals surface area contributed by atoms with Crippen LogP contribution in [0.1, 0.15) is 22.3 Å². The van der Waals surface area contributed by atoms with Crippen LogP contribution in [0.25, 0.3) is 0 Å². The summed E-state index contributed by atoms with van der Waals surface area (Å²) in [6, 6.07) is 4.84. The predicted molar refractivity (Wildman–Crippen MR) is 54.3 cm³/mol. The van der Waals surface area contributed by atoms with Gasteiger partial charge >= 0.3 is 6.18 Å². The summed E-state index contributed by atoms with van der Waals surface area (Å²) >= 11 is 0. The molecule has 0 atom stereocenters. The summed E-state index contributed by atoms with van der Waals surface area (Å²) in [5.74, 6) is -0.498. The fourth-order valence-electron chi connectivity index (χ4n) is 1.35. The summed E-state index contributed by atoms with van der Waals surface area (Å²) in [7, 11) is 1.64. The van der Waals surface area contributed by atoms with Crippen LogP contribution in [0.3, 0.4) is 0 Å². The Morgan fingerprint density at radius 2 is 1.94 bits per heavy atom. The van der Waals surface area contributed by atoms with E-state index >= 15 is 0 Å². The second-order valence-corrected chi connectivity index (χ2v) is 3.32. The molecule has 0 bridgehead atoms. The Morgan fingerprint density at radius 3 is 2.50 bits per heavy atom. The Kier molecular flexibility index (Phi) is 4.06. The molecule has 0 aliphatic heterocycles. The number of benzene rings is 1. The lowest BCUT2D eigenvalue weighted by molar-refractivity contribution is -0.137. The molecule has 88 valence electrons. The highest BCUT2D eigenvalue weighted by molar-refractivity contribution is 5.97. The average molecular weight is 231 g/mol. The standard InChI is InChI=1S/C11H12F3NO/c1-15-7-6-10(16)8-4-2-3-5-9(8)11(12,13)14/h2-5,15H,6-7H2,1H3. The number of carbonyl (C=O) groups is 1. The molecule has 0 aliphatic carbocycles. The van der Waals surface area contributed by atoms with Crippen molar-refractivity contribution in [3.63, 3.8) is 0 Å². The molecule has 0 heterocycles. The molecular weight excluding hydrogens is 219 g/mol. The zero-order valence-electron chi connectivity index (χ0n) is 8.77. The van der Waals surface area contributed by atoms with Gasteiger partial charge in [0.05, 0.1) is 5.56 Å². The quantitative estimate of drug-likeness (QED) is 0.806. The van der Waals surface area contributed by atoms with Crippen molar-refractivity contribution >= 4 is 5.78 Å². The molecule has 1 aromatic rings. The Hall–Kier alpha value is -1.36. The number of hydrogen-bond donors (Lipinski definition) is 1. The van der Waals surface area contributed by atoms with Gasteiger partial charge in [-0.25, -0.2) is 0 Å². The van der Waals surface area contributed by atoms with Crippen molar-refractivity contribution in [3.05, 3.63) is 35.4 Å². The van der Waals surface area contributed by atoms with E-state index in [1.54, 1.807) is 7.05 Å². The Balaban J connectivity index is 3.00. The minimum Gasteiger partial charge on any atom is -0.319 e. The van der Waals surface area contributed by atoms with Crippen molar-refractivity contribution in [2.75, 3.05) is 13.6 Å². The first kappa shape index (κ1) is 12.7. The van der Waals surface area contributed by atoms with Crippen molar-refractivity contribution < 1.29 is 18.0 Å². The van der Waals surface area contributed by atoms with Crippen molar-refractivity contribution in [2.24, 2.45) is 0 Å². The fourth-order valence-corrected chi connectivity index (χ4v) is 1.35. The maximum Gasteiger partial charge on any atom is 0.417 e. The van der Waals surface area contributed by atoms with E-state index in [0.29, 0.717) is 6.54 Å². The molecule has 1 rings (SSSR count). The van der Waals surface area contributed by atoms with Gasteiger partial charge in [0.2, 0.25) is 0 Å². The van der Waals surface area contributed by atoms with Crippen LogP contribution in [-0.2, 0) is 6.18 Å². The Morgan fingerprint density at radius 1 is 1.31 bits per heavy atom. The van der Waals surface area contributed by atoms with Gasteiger partial charge in [-0.2, -0.15) is 13.2 Å². The monoisotopic (exact) mass is 231 g/mol. The van der Waals surface area contributed by atoms with Gasteiger partial charge in [-0.15, -0.1) is 0 Å². The van der Waals surface area contributed by atoms with Crippen LogP contribution >= 0.6 is 0 Å². The summed E-state index contributed by atoms with van der Waals surface area (Å²) < 4.78 is 37.7. The molecule has 0 saturated heterocycles. The second-order valence-electron chi connectivity index (χ2n) is 3.32. The van der Waals surface area contributed by atoms with Crippen LogP contribution in [0, 0.1) is 0 Å². The molecule has 5 heteroatoms. The maximum absolute atomic E-state index is 12.6. The Bertz CT molecular complexity index is 374. The van der Waals surface area contributed by atoms with Crippen LogP contribution < -0.4 is 5.32 Å². The fraction of sp³-hybridized carbons (Fsp3) is 0.364. The summed E-state index contributed by atoms with van der Waals surface area (Å²) in [5.41, 5.74) is -1.12. The number of ketones is 1. The number of nitrogens with one attached hydrogen (secondary N) is 1. The van der Waals surface area contributed by atoms with Crippen LogP contribution in [0.15, 0.2) is 24.3 Å². The van der Waals surface area contributed by atoms with E-state index in [-0.39, 0.29) is 12.0 Å². The minimum absolute atomic E-state index is 0.0591. The van der Waals surface area contributed by atoms with Gasteiger partial charge < -0.3 is 5.32 Å². The molecule has 0 fully saturated rings. The first-order chi connectivity index (χ1) is 7.46. The molecule has 0 radical (unpaired) electrons. The molecule has 0 unspecified atom stereocenters. The molecule has 2 nitrogen and oxygen atoms in total. The number of rotatable bonds is 4. The highest BCUT2D eigenvalue weighted by atomic mass is 19.4. The Labute approximate surface area is 91.5 Å². The van der Waals surface area contributed by atoms with Gasteiger partial charge in [0.1, 0.15) is 0 Å². The van der Waals surface area contributed by atoms with E-state index in [9.17, 15) is 18.0 Å². The van der Waals surface area contributed by atoms with Crippen molar-refractivity contribution in [3.8, 4) is 0 Å². The van der Waals surface area contributed by atoms with E-state index < -0.39 is 17.5 Å². The van der Waals surface area contributed by atoms with Crippen LogP contribution in [-0.4, -0.2) is 19.4 Å². The third kappa shape index (κ3) is 3.06. The number of halogens is 3. The maximum atomic E-state index is 12.6. The smallest absolute Gasteiger partial charge is 0.319 e. The van der Waals surface area contributed by atoms with E-state index in [1.165, 1.54) is 18.2 Å². The summed E-state index contributed by atoms with van der Waals surface area (Å²) in [4.78, 5) is 11.5. The zero-order valence-corrected chi connectivity index (χ0v) is 8.77. The lowest BCUT2D eigenvalue weighted by Gasteiger charge is -2.11. The van der Waals surface area contributed by atoms with E-state index in [4.69, 9.17) is 0 Å². The lowest BCUT2D eigenvalue weighted by atomic mass is 10.0. The molecule has 1 aromatic carbocycles. The summed E-state index contributed by atoms with van der Waals surface area (Å²) in [6.45, 7) is 0.366. The number of carbonyl (C=O) groups excluding carboxylic acids is 1. The van der Waals surface area contributed by atoms with Gasteiger partial charge in [-0.1, -0.05) is 18.2 Å². The molecule has 0 amide bonds. The van der Waals surface area contributed by atoms with E-state index in [2.05, 4.69) is 5.32 Å². The van der Waals surface area contributed by atoms with E-state index in [0.717, 1.165) is 6.07 Å². The topological polar surface area (TPSA) is 29.1 Å². The van der Waals surface area contributed by atoms with Gasteiger partial charge in [0.25, 0.3) is 0 Å². The van der Waals surface area contributed by atoms with Gasteiger partial charge in [0.15, 0.2) is 5.78 Å². The zero-order chi connectivity index (χ0) is 12.2. The van der Waals surface area contributed by atoms with Gasteiger partial charge in [-0.3, -0.25) is 4.79 Å². The second kappa shape index (κ2) is 5.12. The van der Waals surface area contributed by atoms with Crippen LogP contribution in [0.4, 0.5) is 13.2 Å². The van der Waals surface area contributed by atoms with Crippen LogP contribution in [0.2, 0.25) is 0 Å². The molecular formula is C11H12F3NO. The summed E-state index contributed by atoms with van der Waals surface area (Å²) in [5, 5.41) is 2.72.